The lowest BCUT2D eigenvalue weighted by molar-refractivity contribution is 0.891. The highest BCUT2D eigenvalue weighted by Crippen LogP contribution is 1.95. The number of likely N-dealkylation sites (N-methyl/N-ethyl adjacent to an activating group) is 1. The number of imidazole rings is 1. The van der Waals surface area contributed by atoms with Crippen molar-refractivity contribution < 1.29 is 0 Å². The van der Waals surface area contributed by atoms with Crippen LogP contribution in [0.3, 0.4) is 0 Å². The summed E-state index contributed by atoms with van der Waals surface area (Å²) in [6, 6.07) is 0. The van der Waals surface area contributed by atoms with Gasteiger partial charge < -0.3 is 9.88 Å². The van der Waals surface area contributed by atoms with Gasteiger partial charge in [-0.15, -0.1) is 0 Å². The van der Waals surface area contributed by atoms with E-state index in [1.54, 1.807) is 6.20 Å². The third-order valence-electron chi connectivity index (χ3n) is 1.45. The van der Waals surface area contributed by atoms with E-state index in [0.717, 1.165) is 12.4 Å². The topological polar surface area (TPSA) is 29.9 Å². The van der Waals surface area contributed by atoms with E-state index < -0.39 is 0 Å². The van der Waals surface area contributed by atoms with Crippen LogP contribution >= 0.6 is 0 Å². The first-order chi connectivity index (χ1) is 5.34. The van der Waals surface area contributed by atoms with Crippen molar-refractivity contribution in [3.63, 3.8) is 0 Å². The molecule has 0 saturated carbocycles. The SMILES string of the molecule is CNCC=Cc1nccn1C. The van der Waals surface area contributed by atoms with Crippen molar-refractivity contribution in [2.45, 2.75) is 0 Å². The molecule has 1 aromatic heterocycles. The molecule has 0 amide bonds. The largest absolute Gasteiger partial charge is 0.335 e. The van der Waals surface area contributed by atoms with Gasteiger partial charge in [0, 0.05) is 26.0 Å². The molecule has 11 heavy (non-hydrogen) atoms. The van der Waals surface area contributed by atoms with Gasteiger partial charge in [0.1, 0.15) is 5.82 Å². The number of rotatable bonds is 3. The number of hydrogen-bond donors (Lipinski definition) is 1. The Hall–Kier alpha value is -1.09. The molecular formula is C8H13N3. The fraction of sp³-hybridized carbons (Fsp3) is 0.375. The third kappa shape index (κ3) is 2.20. The maximum Gasteiger partial charge on any atom is 0.132 e. The molecule has 1 rings (SSSR count). The zero-order valence-electron chi connectivity index (χ0n) is 6.91. The molecule has 0 aliphatic rings. The van der Waals surface area contributed by atoms with Gasteiger partial charge >= 0.3 is 0 Å². The molecule has 3 nitrogen and oxygen atoms in total. The Balaban J connectivity index is 2.56. The molecule has 0 aromatic carbocycles. The van der Waals surface area contributed by atoms with Gasteiger partial charge in [-0.1, -0.05) is 6.08 Å². The molecule has 0 radical (unpaired) electrons. The second-order valence-electron chi connectivity index (χ2n) is 2.36. The number of aromatic nitrogens is 2. The lowest BCUT2D eigenvalue weighted by atomic mass is 10.4. The average Bonchev–Trinajstić information content (AvgIpc) is 2.37. The molecule has 0 atom stereocenters. The van der Waals surface area contributed by atoms with Crippen LogP contribution in [0.5, 0.6) is 0 Å². The predicted octanol–water partition coefficient (Wildman–Crippen LogP) is 0.653. The Kier molecular flexibility index (Phi) is 2.86. The highest BCUT2D eigenvalue weighted by molar-refractivity contribution is 5.40. The Morgan fingerprint density at radius 3 is 3.09 bits per heavy atom. The Morgan fingerprint density at radius 1 is 1.73 bits per heavy atom. The fourth-order valence-electron chi connectivity index (χ4n) is 0.820. The van der Waals surface area contributed by atoms with Crippen molar-refractivity contribution >= 4 is 6.08 Å². The summed E-state index contributed by atoms with van der Waals surface area (Å²) in [4.78, 5) is 4.14. The molecular weight excluding hydrogens is 138 g/mol. The van der Waals surface area contributed by atoms with E-state index in [-0.39, 0.29) is 0 Å². The quantitative estimate of drug-likeness (QED) is 0.687. The summed E-state index contributed by atoms with van der Waals surface area (Å²) < 4.78 is 1.98. The van der Waals surface area contributed by atoms with E-state index in [1.807, 2.05) is 37.0 Å². The molecule has 1 aromatic rings. The first kappa shape index (κ1) is 8.01. The lowest BCUT2D eigenvalue weighted by Gasteiger charge is -1.92. The van der Waals surface area contributed by atoms with E-state index in [0.29, 0.717) is 0 Å². The van der Waals surface area contributed by atoms with E-state index in [1.165, 1.54) is 0 Å². The van der Waals surface area contributed by atoms with Gasteiger partial charge in [0.15, 0.2) is 0 Å². The van der Waals surface area contributed by atoms with Crippen LogP contribution in [0.4, 0.5) is 0 Å². The van der Waals surface area contributed by atoms with Crippen molar-refractivity contribution in [1.29, 1.82) is 0 Å². The van der Waals surface area contributed by atoms with Crippen LogP contribution in [-0.2, 0) is 7.05 Å². The third-order valence-corrected chi connectivity index (χ3v) is 1.45. The van der Waals surface area contributed by atoms with Gasteiger partial charge in [0.2, 0.25) is 0 Å². The zero-order valence-corrected chi connectivity index (χ0v) is 6.91. The minimum atomic E-state index is 0.882. The van der Waals surface area contributed by atoms with Gasteiger partial charge in [-0.05, 0) is 13.1 Å². The fourth-order valence-corrected chi connectivity index (χ4v) is 0.820. The average molecular weight is 151 g/mol. The lowest BCUT2D eigenvalue weighted by Crippen LogP contribution is -2.04. The van der Waals surface area contributed by atoms with Crippen molar-refractivity contribution in [3.05, 3.63) is 24.3 Å². The first-order valence-corrected chi connectivity index (χ1v) is 3.63. The van der Waals surface area contributed by atoms with Gasteiger partial charge in [0.05, 0.1) is 0 Å². The summed E-state index contributed by atoms with van der Waals surface area (Å²) in [5, 5.41) is 3.03. The van der Waals surface area contributed by atoms with Gasteiger partial charge in [-0.2, -0.15) is 0 Å². The Labute approximate surface area is 66.8 Å². The van der Waals surface area contributed by atoms with Crippen LogP contribution in [0.2, 0.25) is 0 Å². The van der Waals surface area contributed by atoms with Crippen LogP contribution in [0, 0.1) is 0 Å². The van der Waals surface area contributed by atoms with Crippen LogP contribution in [0.25, 0.3) is 6.08 Å². The number of nitrogens with zero attached hydrogens (tertiary/aromatic N) is 2. The minimum absolute atomic E-state index is 0.882. The molecule has 60 valence electrons. The summed E-state index contributed by atoms with van der Waals surface area (Å²) in [6.45, 7) is 0.882. The van der Waals surface area contributed by atoms with E-state index >= 15 is 0 Å². The van der Waals surface area contributed by atoms with Crippen LogP contribution in [-0.4, -0.2) is 23.1 Å². The number of aryl methyl sites for hydroxylation is 1. The molecule has 1 N–H and O–H groups in total. The molecule has 0 spiro atoms. The van der Waals surface area contributed by atoms with Crippen LogP contribution < -0.4 is 5.32 Å². The monoisotopic (exact) mass is 151 g/mol. The van der Waals surface area contributed by atoms with Crippen molar-refractivity contribution in [2.24, 2.45) is 7.05 Å². The van der Waals surface area contributed by atoms with Gasteiger partial charge in [-0.25, -0.2) is 4.98 Å². The summed E-state index contributed by atoms with van der Waals surface area (Å²) in [5.74, 6) is 0.986. The summed E-state index contributed by atoms with van der Waals surface area (Å²) in [6.07, 6.45) is 7.76. The standard InChI is InChI=1S/C8H13N3/c1-9-5-3-4-8-10-6-7-11(8)2/h3-4,6-7,9H,5H2,1-2H3. The van der Waals surface area contributed by atoms with E-state index in [9.17, 15) is 0 Å². The molecule has 3 heteroatoms. The minimum Gasteiger partial charge on any atom is -0.335 e. The molecule has 0 saturated heterocycles. The van der Waals surface area contributed by atoms with Crippen molar-refractivity contribution in [3.8, 4) is 0 Å². The maximum atomic E-state index is 4.14. The normalized spacial score (nSPS) is 11.1. The highest BCUT2D eigenvalue weighted by Gasteiger charge is 1.89. The van der Waals surface area contributed by atoms with Gasteiger partial charge in [-0.3, -0.25) is 0 Å². The van der Waals surface area contributed by atoms with Crippen molar-refractivity contribution in [1.82, 2.24) is 14.9 Å². The number of hydrogen-bond acceptors (Lipinski definition) is 2. The molecule has 0 bridgehead atoms. The van der Waals surface area contributed by atoms with Gasteiger partial charge in [0.25, 0.3) is 0 Å². The van der Waals surface area contributed by atoms with Crippen LogP contribution in [0.1, 0.15) is 5.82 Å². The van der Waals surface area contributed by atoms with Crippen molar-refractivity contribution in [2.75, 3.05) is 13.6 Å². The summed E-state index contributed by atoms with van der Waals surface area (Å²) in [5.41, 5.74) is 0. The van der Waals surface area contributed by atoms with E-state index in [2.05, 4.69) is 10.3 Å². The molecule has 0 fully saturated rings. The Morgan fingerprint density at radius 2 is 2.55 bits per heavy atom. The second-order valence-corrected chi connectivity index (χ2v) is 2.36. The molecule has 1 heterocycles. The van der Waals surface area contributed by atoms with E-state index in [4.69, 9.17) is 0 Å². The smallest absolute Gasteiger partial charge is 0.132 e. The second kappa shape index (κ2) is 3.93. The molecule has 0 aliphatic carbocycles. The highest BCUT2D eigenvalue weighted by atomic mass is 15.0. The molecule has 0 aliphatic heterocycles. The molecule has 0 unspecified atom stereocenters. The van der Waals surface area contributed by atoms with Crippen LogP contribution in [0.15, 0.2) is 18.5 Å². The zero-order chi connectivity index (χ0) is 8.10. The number of nitrogens with one attached hydrogen (secondary N) is 1. The summed E-state index contributed by atoms with van der Waals surface area (Å²) in [7, 11) is 3.90. The Bertz CT molecular complexity index is 237. The first-order valence-electron chi connectivity index (χ1n) is 3.63. The predicted molar refractivity (Wildman–Crippen MR) is 46.2 cm³/mol. The summed E-state index contributed by atoms with van der Waals surface area (Å²) >= 11 is 0. The maximum absolute atomic E-state index is 4.14.